The maximum atomic E-state index is 12.4. The summed E-state index contributed by atoms with van der Waals surface area (Å²) >= 11 is 0. The molecule has 0 saturated carbocycles. The highest BCUT2D eigenvalue weighted by atomic mass is 32.2. The van der Waals surface area contributed by atoms with Gasteiger partial charge in [0.25, 0.3) is 0 Å². The molecule has 1 heterocycles. The molecule has 0 aromatic carbocycles. The van der Waals surface area contributed by atoms with Crippen LogP contribution in [0.4, 0.5) is 0 Å². The Labute approximate surface area is 123 Å². The van der Waals surface area contributed by atoms with Gasteiger partial charge in [-0.05, 0) is 33.1 Å². The minimum atomic E-state index is -3.10. The summed E-state index contributed by atoms with van der Waals surface area (Å²) in [7, 11) is -3.10. The van der Waals surface area contributed by atoms with Gasteiger partial charge in [-0.3, -0.25) is 4.79 Å². The van der Waals surface area contributed by atoms with Gasteiger partial charge in [-0.1, -0.05) is 13.3 Å². The second-order valence-corrected chi connectivity index (χ2v) is 7.60. The van der Waals surface area contributed by atoms with E-state index in [9.17, 15) is 13.2 Å². The Morgan fingerprint density at radius 1 is 1.20 bits per heavy atom. The summed E-state index contributed by atoms with van der Waals surface area (Å²) in [5.41, 5.74) is 0. The molecule has 1 saturated heterocycles. The van der Waals surface area contributed by atoms with Crippen LogP contribution in [0.3, 0.4) is 0 Å². The molecule has 1 rings (SSSR count). The minimum absolute atomic E-state index is 0.00453. The SMILES string of the molecule is CCCCN(CC)C(=O)C1CCN(S(=O)(=O)CC)CC1. The van der Waals surface area contributed by atoms with Crippen LogP contribution >= 0.6 is 0 Å². The van der Waals surface area contributed by atoms with Crippen molar-refractivity contribution >= 4 is 15.9 Å². The Balaban J connectivity index is 2.54. The molecule has 0 spiro atoms. The molecule has 0 aromatic rings. The molecule has 0 N–H and O–H groups in total. The summed E-state index contributed by atoms with van der Waals surface area (Å²) in [6.45, 7) is 8.31. The molecule has 1 aliphatic heterocycles. The fourth-order valence-electron chi connectivity index (χ4n) is 2.59. The van der Waals surface area contributed by atoms with Crippen LogP contribution in [0.1, 0.15) is 46.5 Å². The number of nitrogens with zero attached hydrogens (tertiary/aromatic N) is 2. The van der Waals surface area contributed by atoms with Crippen molar-refractivity contribution in [2.75, 3.05) is 31.9 Å². The van der Waals surface area contributed by atoms with Gasteiger partial charge in [-0.25, -0.2) is 12.7 Å². The van der Waals surface area contributed by atoms with Crippen LogP contribution in [0.5, 0.6) is 0 Å². The van der Waals surface area contributed by atoms with Gasteiger partial charge in [-0.2, -0.15) is 0 Å². The standard InChI is InChI=1S/C14H28N2O3S/c1-4-7-10-15(5-2)14(17)13-8-11-16(12-9-13)20(18,19)6-3/h13H,4-12H2,1-3H3. The van der Waals surface area contributed by atoms with Crippen LogP contribution in [0.25, 0.3) is 0 Å². The van der Waals surface area contributed by atoms with E-state index in [1.807, 2.05) is 11.8 Å². The molecule has 0 aliphatic carbocycles. The third-order valence-corrected chi connectivity index (χ3v) is 5.92. The molecule has 1 fully saturated rings. The van der Waals surface area contributed by atoms with E-state index in [0.29, 0.717) is 25.9 Å². The molecule has 0 bridgehead atoms. The molecule has 0 radical (unpaired) electrons. The number of hydrogen-bond donors (Lipinski definition) is 0. The Morgan fingerprint density at radius 3 is 2.25 bits per heavy atom. The third kappa shape index (κ3) is 4.45. The number of rotatable bonds is 7. The summed E-state index contributed by atoms with van der Waals surface area (Å²) in [5.74, 6) is 0.341. The topological polar surface area (TPSA) is 57.7 Å². The van der Waals surface area contributed by atoms with E-state index in [1.165, 1.54) is 4.31 Å². The fourth-order valence-corrected chi connectivity index (χ4v) is 3.73. The Hall–Kier alpha value is -0.620. The van der Waals surface area contributed by atoms with Crippen molar-refractivity contribution in [2.45, 2.75) is 46.5 Å². The number of unbranched alkanes of at least 4 members (excludes halogenated alkanes) is 1. The lowest BCUT2D eigenvalue weighted by molar-refractivity contribution is -0.136. The van der Waals surface area contributed by atoms with Crippen molar-refractivity contribution in [1.82, 2.24) is 9.21 Å². The van der Waals surface area contributed by atoms with E-state index < -0.39 is 10.0 Å². The smallest absolute Gasteiger partial charge is 0.225 e. The van der Waals surface area contributed by atoms with Crippen LogP contribution in [0.15, 0.2) is 0 Å². The summed E-state index contributed by atoms with van der Waals surface area (Å²) < 4.78 is 25.1. The number of amides is 1. The van der Waals surface area contributed by atoms with Crippen LogP contribution < -0.4 is 0 Å². The Kier molecular flexibility index (Phi) is 6.95. The van der Waals surface area contributed by atoms with E-state index in [4.69, 9.17) is 0 Å². The molecule has 5 nitrogen and oxygen atoms in total. The van der Waals surface area contributed by atoms with Crippen molar-refractivity contribution in [2.24, 2.45) is 5.92 Å². The van der Waals surface area contributed by atoms with E-state index in [-0.39, 0.29) is 17.6 Å². The van der Waals surface area contributed by atoms with Crippen molar-refractivity contribution in [3.05, 3.63) is 0 Å². The lowest BCUT2D eigenvalue weighted by Crippen LogP contribution is -2.45. The lowest BCUT2D eigenvalue weighted by Gasteiger charge is -2.33. The van der Waals surface area contributed by atoms with Crippen molar-refractivity contribution in [3.63, 3.8) is 0 Å². The molecule has 118 valence electrons. The average molecular weight is 304 g/mol. The van der Waals surface area contributed by atoms with Gasteiger partial charge in [0.2, 0.25) is 15.9 Å². The summed E-state index contributed by atoms with van der Waals surface area (Å²) in [5, 5.41) is 0. The zero-order valence-electron chi connectivity index (χ0n) is 13.0. The maximum Gasteiger partial charge on any atom is 0.225 e. The summed E-state index contributed by atoms with van der Waals surface area (Å²) in [6.07, 6.45) is 3.42. The molecular weight excluding hydrogens is 276 g/mol. The van der Waals surface area contributed by atoms with Gasteiger partial charge >= 0.3 is 0 Å². The van der Waals surface area contributed by atoms with Gasteiger partial charge < -0.3 is 4.90 Å². The van der Waals surface area contributed by atoms with Crippen LogP contribution in [0, 0.1) is 5.92 Å². The largest absolute Gasteiger partial charge is 0.343 e. The van der Waals surface area contributed by atoms with Crippen LogP contribution in [-0.4, -0.2) is 55.5 Å². The normalized spacial score (nSPS) is 18.1. The van der Waals surface area contributed by atoms with Gasteiger partial charge in [0.05, 0.1) is 5.75 Å². The van der Waals surface area contributed by atoms with E-state index in [0.717, 1.165) is 25.9 Å². The first-order valence-electron chi connectivity index (χ1n) is 7.72. The second kappa shape index (κ2) is 7.98. The van der Waals surface area contributed by atoms with Gasteiger partial charge in [0.1, 0.15) is 0 Å². The minimum Gasteiger partial charge on any atom is -0.343 e. The molecule has 1 aliphatic rings. The number of carbonyl (C=O) groups excluding carboxylic acids is 1. The van der Waals surface area contributed by atoms with Crippen molar-refractivity contribution in [3.8, 4) is 0 Å². The number of sulfonamides is 1. The molecule has 20 heavy (non-hydrogen) atoms. The second-order valence-electron chi connectivity index (χ2n) is 5.35. The average Bonchev–Trinajstić information content (AvgIpc) is 2.48. The van der Waals surface area contributed by atoms with Gasteiger partial charge in [0, 0.05) is 32.1 Å². The predicted octanol–water partition coefficient (Wildman–Crippen LogP) is 1.70. The quantitative estimate of drug-likeness (QED) is 0.719. The Bertz CT molecular complexity index is 401. The van der Waals surface area contributed by atoms with E-state index in [1.54, 1.807) is 6.92 Å². The fraction of sp³-hybridized carbons (Fsp3) is 0.929. The van der Waals surface area contributed by atoms with Crippen molar-refractivity contribution in [1.29, 1.82) is 0 Å². The molecule has 1 amide bonds. The number of piperidine rings is 1. The maximum absolute atomic E-state index is 12.4. The first-order chi connectivity index (χ1) is 9.46. The highest BCUT2D eigenvalue weighted by Crippen LogP contribution is 2.22. The molecule has 6 heteroatoms. The van der Waals surface area contributed by atoms with E-state index in [2.05, 4.69) is 6.92 Å². The number of carbonyl (C=O) groups is 1. The summed E-state index contributed by atoms with van der Waals surface area (Å²) in [6, 6.07) is 0. The molecule has 0 unspecified atom stereocenters. The molecular formula is C14H28N2O3S. The first-order valence-corrected chi connectivity index (χ1v) is 9.33. The van der Waals surface area contributed by atoms with Crippen LogP contribution in [0.2, 0.25) is 0 Å². The monoisotopic (exact) mass is 304 g/mol. The van der Waals surface area contributed by atoms with Crippen LogP contribution in [-0.2, 0) is 14.8 Å². The number of hydrogen-bond acceptors (Lipinski definition) is 3. The summed E-state index contributed by atoms with van der Waals surface area (Å²) in [4.78, 5) is 14.3. The zero-order chi connectivity index (χ0) is 15.2. The highest BCUT2D eigenvalue weighted by Gasteiger charge is 2.31. The molecule has 0 atom stereocenters. The van der Waals surface area contributed by atoms with Gasteiger partial charge in [-0.15, -0.1) is 0 Å². The zero-order valence-corrected chi connectivity index (χ0v) is 13.8. The van der Waals surface area contributed by atoms with E-state index >= 15 is 0 Å². The first kappa shape index (κ1) is 17.4. The lowest BCUT2D eigenvalue weighted by atomic mass is 9.96. The third-order valence-electron chi connectivity index (χ3n) is 4.04. The molecule has 0 aromatic heterocycles. The highest BCUT2D eigenvalue weighted by molar-refractivity contribution is 7.89. The van der Waals surface area contributed by atoms with Gasteiger partial charge in [0.15, 0.2) is 0 Å². The van der Waals surface area contributed by atoms with Crippen molar-refractivity contribution < 1.29 is 13.2 Å². The Morgan fingerprint density at radius 2 is 1.80 bits per heavy atom. The predicted molar refractivity (Wildman–Crippen MR) is 80.9 cm³/mol.